The lowest BCUT2D eigenvalue weighted by Gasteiger charge is -2.10. The van der Waals surface area contributed by atoms with Crippen LogP contribution in [0, 0.1) is 6.92 Å². The molecule has 0 unspecified atom stereocenters. The maximum atomic E-state index is 12.8. The molecule has 0 aliphatic carbocycles. The molecule has 0 saturated heterocycles. The molecule has 0 aliphatic heterocycles. The van der Waals surface area contributed by atoms with Gasteiger partial charge in [0, 0.05) is 5.69 Å². The van der Waals surface area contributed by atoms with Gasteiger partial charge in [0.2, 0.25) is 0 Å². The molecule has 3 aromatic rings. The number of methoxy groups -OCH3 is 1. The first-order chi connectivity index (χ1) is 14.5. The number of rotatable bonds is 7. The lowest BCUT2D eigenvalue weighted by molar-refractivity contribution is -0.141. The molecule has 1 amide bonds. The van der Waals surface area contributed by atoms with Crippen molar-refractivity contribution in [3.63, 3.8) is 0 Å². The predicted molar refractivity (Wildman–Crippen MR) is 118 cm³/mol. The van der Waals surface area contributed by atoms with E-state index in [1.807, 2.05) is 79.7 Å². The van der Waals surface area contributed by atoms with Crippen molar-refractivity contribution >= 4 is 29.2 Å². The molecule has 0 fully saturated rings. The van der Waals surface area contributed by atoms with Gasteiger partial charge in [-0.3, -0.25) is 4.79 Å². The van der Waals surface area contributed by atoms with Crippen LogP contribution in [0.1, 0.15) is 16.7 Å². The monoisotopic (exact) mass is 401 g/mol. The summed E-state index contributed by atoms with van der Waals surface area (Å²) in [6.45, 7) is 1.56. The van der Waals surface area contributed by atoms with Gasteiger partial charge in [-0.1, -0.05) is 54.6 Å². The first kappa shape index (κ1) is 20.9. The molecule has 0 spiro atoms. The Morgan fingerprint density at radius 3 is 2.43 bits per heavy atom. The van der Waals surface area contributed by atoms with Gasteiger partial charge in [-0.15, -0.1) is 0 Å². The summed E-state index contributed by atoms with van der Waals surface area (Å²) < 4.78 is 10.5. The van der Waals surface area contributed by atoms with Gasteiger partial charge in [-0.05, 0) is 54.0 Å². The van der Waals surface area contributed by atoms with Crippen molar-refractivity contribution in [2.75, 3.05) is 19.0 Å². The van der Waals surface area contributed by atoms with E-state index >= 15 is 0 Å². The minimum absolute atomic E-state index is 0.354. The Labute approximate surface area is 176 Å². The van der Waals surface area contributed by atoms with E-state index in [4.69, 9.17) is 9.47 Å². The number of hydrogen-bond acceptors (Lipinski definition) is 4. The molecular weight excluding hydrogens is 378 g/mol. The van der Waals surface area contributed by atoms with E-state index in [0.717, 1.165) is 11.1 Å². The normalized spacial score (nSPS) is 10.9. The number of benzene rings is 3. The number of anilines is 1. The Morgan fingerprint density at radius 1 is 0.933 bits per heavy atom. The van der Waals surface area contributed by atoms with Gasteiger partial charge < -0.3 is 14.8 Å². The van der Waals surface area contributed by atoms with Crippen LogP contribution in [-0.4, -0.2) is 25.6 Å². The van der Waals surface area contributed by atoms with Crippen molar-refractivity contribution in [2.45, 2.75) is 6.92 Å². The topological polar surface area (TPSA) is 64.6 Å². The van der Waals surface area contributed by atoms with Gasteiger partial charge in [0.05, 0.1) is 12.7 Å². The number of carbonyl (C=O) groups excluding carboxylic acids is 2. The van der Waals surface area contributed by atoms with E-state index in [1.165, 1.54) is 0 Å². The Kier molecular flexibility index (Phi) is 7.00. The van der Waals surface area contributed by atoms with Crippen LogP contribution in [0.2, 0.25) is 0 Å². The summed E-state index contributed by atoms with van der Waals surface area (Å²) in [6, 6.07) is 24.0. The predicted octanol–water partition coefficient (Wildman–Crippen LogP) is 4.73. The summed E-state index contributed by atoms with van der Waals surface area (Å²) in [7, 11) is 1.59. The molecule has 0 heterocycles. The number of esters is 1. The van der Waals surface area contributed by atoms with Gasteiger partial charge >= 0.3 is 5.97 Å². The third kappa shape index (κ3) is 5.82. The Hall–Kier alpha value is -3.86. The molecule has 0 aromatic heterocycles. The molecular formula is C25H23NO4. The molecule has 0 saturated carbocycles. The Balaban J connectivity index is 1.75. The highest BCUT2D eigenvalue weighted by molar-refractivity contribution is 6.22. The van der Waals surface area contributed by atoms with Crippen LogP contribution in [0.25, 0.3) is 11.6 Å². The lowest BCUT2D eigenvalue weighted by atomic mass is 10.0. The first-order valence-electron chi connectivity index (χ1n) is 9.50. The zero-order chi connectivity index (χ0) is 21.3. The molecule has 5 heteroatoms. The third-order valence-corrected chi connectivity index (χ3v) is 4.35. The van der Waals surface area contributed by atoms with E-state index in [0.29, 0.717) is 22.6 Å². The maximum absolute atomic E-state index is 12.8. The first-order valence-corrected chi connectivity index (χ1v) is 9.50. The highest BCUT2D eigenvalue weighted by Gasteiger charge is 2.16. The summed E-state index contributed by atoms with van der Waals surface area (Å²) in [6.07, 6.45) is 1.72. The van der Waals surface area contributed by atoms with Crippen LogP contribution in [0.5, 0.6) is 5.75 Å². The fourth-order valence-electron chi connectivity index (χ4n) is 2.90. The van der Waals surface area contributed by atoms with Crippen molar-refractivity contribution in [1.29, 1.82) is 0 Å². The Morgan fingerprint density at radius 2 is 1.70 bits per heavy atom. The summed E-state index contributed by atoms with van der Waals surface area (Å²) >= 11 is 0. The molecule has 1 N–H and O–H groups in total. The van der Waals surface area contributed by atoms with E-state index in [2.05, 4.69) is 5.32 Å². The number of nitrogens with one attached hydrogen (secondary N) is 1. The zero-order valence-electron chi connectivity index (χ0n) is 16.9. The van der Waals surface area contributed by atoms with E-state index < -0.39 is 11.9 Å². The molecule has 3 aromatic carbocycles. The van der Waals surface area contributed by atoms with Crippen LogP contribution >= 0.6 is 0 Å². The van der Waals surface area contributed by atoms with Crippen molar-refractivity contribution in [3.8, 4) is 5.75 Å². The Bertz CT molecular complexity index is 1060. The number of ether oxygens (including phenoxy) is 2. The van der Waals surface area contributed by atoms with Gasteiger partial charge in [-0.25, -0.2) is 4.79 Å². The largest absolute Gasteiger partial charge is 0.497 e. The van der Waals surface area contributed by atoms with Gasteiger partial charge in [0.15, 0.2) is 6.61 Å². The minimum atomic E-state index is -0.580. The van der Waals surface area contributed by atoms with E-state index in [1.54, 1.807) is 19.3 Å². The third-order valence-electron chi connectivity index (χ3n) is 4.35. The van der Waals surface area contributed by atoms with E-state index in [-0.39, 0.29) is 6.61 Å². The molecule has 0 atom stereocenters. The zero-order valence-corrected chi connectivity index (χ0v) is 16.9. The highest BCUT2D eigenvalue weighted by Crippen LogP contribution is 2.22. The van der Waals surface area contributed by atoms with Gasteiger partial charge in [0.25, 0.3) is 5.91 Å². The maximum Gasteiger partial charge on any atom is 0.339 e. The van der Waals surface area contributed by atoms with Crippen LogP contribution in [0.15, 0.2) is 78.9 Å². The molecule has 152 valence electrons. The van der Waals surface area contributed by atoms with Crippen molar-refractivity contribution in [2.24, 2.45) is 0 Å². The molecule has 5 nitrogen and oxygen atoms in total. The second kappa shape index (κ2) is 10.1. The second-order valence-corrected chi connectivity index (χ2v) is 6.69. The quantitative estimate of drug-likeness (QED) is 0.353. The molecule has 0 radical (unpaired) electrons. The molecule has 0 bridgehead atoms. The average molecular weight is 401 g/mol. The smallest absolute Gasteiger partial charge is 0.339 e. The van der Waals surface area contributed by atoms with Crippen molar-refractivity contribution in [3.05, 3.63) is 95.6 Å². The van der Waals surface area contributed by atoms with Crippen molar-refractivity contribution < 1.29 is 19.1 Å². The minimum Gasteiger partial charge on any atom is -0.497 e. The highest BCUT2D eigenvalue weighted by atomic mass is 16.5. The molecule has 3 rings (SSSR count). The number of hydrogen-bond donors (Lipinski definition) is 1. The van der Waals surface area contributed by atoms with E-state index in [9.17, 15) is 9.59 Å². The van der Waals surface area contributed by atoms with Gasteiger partial charge in [-0.2, -0.15) is 0 Å². The summed E-state index contributed by atoms with van der Waals surface area (Å²) in [5.74, 6) is -0.298. The van der Waals surface area contributed by atoms with Gasteiger partial charge in [0.1, 0.15) is 5.75 Å². The van der Waals surface area contributed by atoms with Crippen molar-refractivity contribution in [1.82, 2.24) is 0 Å². The summed E-state index contributed by atoms with van der Waals surface area (Å²) in [4.78, 5) is 25.0. The number of carbonyl (C=O) groups is 2. The van der Waals surface area contributed by atoms with Crippen LogP contribution in [0.4, 0.5) is 5.69 Å². The fraction of sp³-hybridized carbons (Fsp3) is 0.120. The molecule has 0 aliphatic rings. The second-order valence-electron chi connectivity index (χ2n) is 6.69. The number of amides is 1. The standard InChI is InChI=1S/C25H23NO4/c1-18-8-6-12-21(14-18)26-24(27)17-30-25(28)23(20-10-4-3-5-11-20)16-19-9-7-13-22(15-19)29-2/h3-16H,17H2,1-2H3,(H,26,27). The summed E-state index contributed by atoms with van der Waals surface area (Å²) in [5, 5.41) is 2.73. The average Bonchev–Trinajstić information content (AvgIpc) is 2.76. The van der Waals surface area contributed by atoms with Crippen LogP contribution in [-0.2, 0) is 14.3 Å². The lowest BCUT2D eigenvalue weighted by Crippen LogP contribution is -2.21. The fourth-order valence-corrected chi connectivity index (χ4v) is 2.90. The molecule has 30 heavy (non-hydrogen) atoms. The summed E-state index contributed by atoms with van der Waals surface area (Å²) in [5.41, 5.74) is 3.52. The van der Waals surface area contributed by atoms with Crippen LogP contribution < -0.4 is 10.1 Å². The van der Waals surface area contributed by atoms with Crippen LogP contribution in [0.3, 0.4) is 0 Å². The SMILES string of the molecule is COc1cccc(C=C(C(=O)OCC(=O)Nc2cccc(C)c2)c2ccccc2)c1. The number of aryl methyl sites for hydroxylation is 1.